The van der Waals surface area contributed by atoms with Crippen molar-refractivity contribution >= 4 is 34.4 Å². The predicted molar refractivity (Wildman–Crippen MR) is 177 cm³/mol. The minimum Gasteiger partial charge on any atom is -0.467 e. The number of rotatable bonds is 11. The fraction of sp³-hybridized carbons (Fsp3) is 0.270. The molecule has 2 amide bonds. The number of aromatic amines is 1. The van der Waals surface area contributed by atoms with E-state index in [9.17, 15) is 14.4 Å². The second-order valence-corrected chi connectivity index (χ2v) is 11.6. The largest absolute Gasteiger partial charge is 0.467 e. The highest BCUT2D eigenvalue weighted by atomic mass is 16.5. The topological polar surface area (TPSA) is 108 Å². The number of hydrogen-bond acceptors (Lipinski definition) is 6. The van der Waals surface area contributed by atoms with Gasteiger partial charge in [0.2, 0.25) is 5.91 Å². The maximum atomic E-state index is 13.9. The molecule has 1 atom stereocenters. The van der Waals surface area contributed by atoms with Crippen molar-refractivity contribution < 1.29 is 23.5 Å². The lowest BCUT2D eigenvalue weighted by Crippen LogP contribution is -2.63. The summed E-state index contributed by atoms with van der Waals surface area (Å²) in [4.78, 5) is 48.2. The van der Waals surface area contributed by atoms with Crippen molar-refractivity contribution in [1.29, 1.82) is 0 Å². The van der Waals surface area contributed by atoms with E-state index in [2.05, 4.69) is 21.3 Å². The number of esters is 1. The molecule has 0 radical (unpaired) electrons. The summed E-state index contributed by atoms with van der Waals surface area (Å²) in [6, 6.07) is 30.3. The second-order valence-electron chi connectivity index (χ2n) is 11.6. The van der Waals surface area contributed by atoms with Crippen molar-refractivity contribution in [3.8, 4) is 0 Å². The molecule has 2 aromatic heterocycles. The summed E-state index contributed by atoms with van der Waals surface area (Å²) in [6.45, 7) is 1.94. The van der Waals surface area contributed by atoms with E-state index in [1.165, 1.54) is 18.3 Å². The predicted octanol–water partition coefficient (Wildman–Crippen LogP) is 5.56. The third-order valence-corrected chi connectivity index (χ3v) is 8.95. The number of likely N-dealkylation sites (tertiary alicyclic amines) is 1. The number of carbonyl (C=O) groups excluding carboxylic acids is 3. The average Bonchev–Trinajstić information content (AvgIpc) is 3.79. The molecule has 3 heterocycles. The number of fused-ring (bicyclic) bond motifs is 1. The Balaban J connectivity index is 1.19. The number of H-pyrrole nitrogens is 1. The van der Waals surface area contributed by atoms with Gasteiger partial charge in [0.15, 0.2) is 5.76 Å². The number of ether oxygens (including phenoxy) is 1. The minimum atomic E-state index is -1.25. The number of amides is 2. The van der Waals surface area contributed by atoms with Crippen molar-refractivity contribution in [2.75, 3.05) is 38.2 Å². The maximum Gasteiger partial charge on any atom is 0.332 e. The number of nitrogens with one attached hydrogen (secondary N) is 2. The van der Waals surface area contributed by atoms with E-state index in [1.807, 2.05) is 85.1 Å². The van der Waals surface area contributed by atoms with Crippen LogP contribution in [0, 0.1) is 0 Å². The van der Waals surface area contributed by atoms with Gasteiger partial charge >= 0.3 is 5.97 Å². The van der Waals surface area contributed by atoms with Gasteiger partial charge in [0.05, 0.1) is 19.3 Å². The molecule has 9 heteroatoms. The molecular formula is C37H38N4O5. The van der Waals surface area contributed by atoms with Gasteiger partial charge in [0, 0.05) is 49.0 Å². The number of hydrogen-bond donors (Lipinski definition) is 2. The molecule has 0 saturated carbocycles. The zero-order chi connectivity index (χ0) is 31.9. The molecule has 9 nitrogen and oxygen atoms in total. The Kier molecular flexibility index (Phi) is 9.30. The summed E-state index contributed by atoms with van der Waals surface area (Å²) < 4.78 is 10.8. The Morgan fingerprint density at radius 2 is 1.63 bits per heavy atom. The fourth-order valence-electron chi connectivity index (χ4n) is 6.53. The lowest BCUT2D eigenvalue weighted by atomic mass is 9.83. The van der Waals surface area contributed by atoms with Crippen LogP contribution in [0.5, 0.6) is 0 Å². The third kappa shape index (κ3) is 6.32. The van der Waals surface area contributed by atoms with Crippen molar-refractivity contribution in [3.05, 3.63) is 126 Å². The molecule has 6 rings (SSSR count). The first-order chi connectivity index (χ1) is 22.5. The first-order valence-electron chi connectivity index (χ1n) is 15.6. The highest BCUT2D eigenvalue weighted by molar-refractivity contribution is 6.09. The van der Waals surface area contributed by atoms with E-state index in [1.54, 1.807) is 12.1 Å². The van der Waals surface area contributed by atoms with Crippen LogP contribution >= 0.6 is 0 Å². The van der Waals surface area contributed by atoms with Gasteiger partial charge < -0.3 is 24.4 Å². The number of para-hydroxylation sites is 2. The van der Waals surface area contributed by atoms with Crippen molar-refractivity contribution in [3.63, 3.8) is 0 Å². The van der Waals surface area contributed by atoms with Crippen LogP contribution in [-0.4, -0.2) is 66.5 Å². The molecule has 5 aromatic rings. The number of methoxy groups -OCH3 is 1. The highest BCUT2D eigenvalue weighted by Gasteiger charge is 2.51. The Hall–Kier alpha value is -5.15. The molecule has 0 bridgehead atoms. The van der Waals surface area contributed by atoms with E-state index in [-0.39, 0.29) is 11.7 Å². The summed E-state index contributed by atoms with van der Waals surface area (Å²) in [5, 5.41) is 4.33. The van der Waals surface area contributed by atoms with Crippen LogP contribution in [0.25, 0.3) is 10.9 Å². The quantitative estimate of drug-likeness (QED) is 0.188. The SMILES string of the molecule is COC(=O)C1(N(C(=O)c2ccco2)c2ccccc2)CCN(CC(C(=O)NCCc2c[nH]c3ccccc23)c2ccccc2)CC1. The van der Waals surface area contributed by atoms with Gasteiger partial charge in [-0.3, -0.25) is 14.5 Å². The molecule has 1 fully saturated rings. The zero-order valence-corrected chi connectivity index (χ0v) is 25.9. The molecule has 236 valence electrons. The molecule has 46 heavy (non-hydrogen) atoms. The second kappa shape index (κ2) is 13.9. The molecule has 2 N–H and O–H groups in total. The van der Waals surface area contributed by atoms with E-state index in [4.69, 9.17) is 9.15 Å². The number of piperidine rings is 1. The van der Waals surface area contributed by atoms with Crippen LogP contribution in [0.2, 0.25) is 0 Å². The lowest BCUT2D eigenvalue weighted by Gasteiger charge is -2.46. The van der Waals surface area contributed by atoms with Crippen LogP contribution in [0.4, 0.5) is 5.69 Å². The first kappa shape index (κ1) is 30.9. The minimum absolute atomic E-state index is 0.0465. The molecular weight excluding hydrogens is 580 g/mol. The van der Waals surface area contributed by atoms with E-state index >= 15 is 0 Å². The fourth-order valence-corrected chi connectivity index (χ4v) is 6.53. The summed E-state index contributed by atoms with van der Waals surface area (Å²) in [5.74, 6) is -1.21. The first-order valence-corrected chi connectivity index (χ1v) is 15.6. The normalized spacial score (nSPS) is 15.2. The van der Waals surface area contributed by atoms with Crippen LogP contribution in [-0.2, 0) is 20.7 Å². The van der Waals surface area contributed by atoms with Gasteiger partial charge in [0.1, 0.15) is 5.54 Å². The summed E-state index contributed by atoms with van der Waals surface area (Å²) in [5.41, 5.74) is 2.50. The van der Waals surface area contributed by atoms with E-state index in [0.29, 0.717) is 51.1 Å². The average molecular weight is 619 g/mol. The Morgan fingerprint density at radius 3 is 2.33 bits per heavy atom. The molecule has 0 spiro atoms. The number of nitrogens with zero attached hydrogens (tertiary/aromatic N) is 2. The monoisotopic (exact) mass is 618 g/mol. The number of aromatic nitrogens is 1. The number of anilines is 1. The smallest absolute Gasteiger partial charge is 0.332 e. The van der Waals surface area contributed by atoms with Gasteiger partial charge in [-0.1, -0.05) is 66.7 Å². The molecule has 0 aliphatic carbocycles. The highest BCUT2D eigenvalue weighted by Crippen LogP contribution is 2.37. The van der Waals surface area contributed by atoms with Crippen LogP contribution in [0.3, 0.4) is 0 Å². The Labute approximate surface area is 268 Å². The number of furan rings is 1. The van der Waals surface area contributed by atoms with Crippen molar-refractivity contribution in [2.45, 2.75) is 30.7 Å². The number of benzene rings is 3. The van der Waals surface area contributed by atoms with Crippen LogP contribution < -0.4 is 10.2 Å². The maximum absolute atomic E-state index is 13.9. The van der Waals surface area contributed by atoms with E-state index < -0.39 is 23.3 Å². The molecule has 1 aliphatic rings. The molecule has 3 aromatic carbocycles. The Morgan fingerprint density at radius 1 is 0.935 bits per heavy atom. The van der Waals surface area contributed by atoms with Crippen LogP contribution in [0.15, 0.2) is 114 Å². The summed E-state index contributed by atoms with van der Waals surface area (Å²) >= 11 is 0. The summed E-state index contributed by atoms with van der Waals surface area (Å²) in [6.07, 6.45) is 4.80. The Bertz CT molecular complexity index is 1760. The number of carbonyl (C=O) groups is 3. The molecule has 1 unspecified atom stereocenters. The summed E-state index contributed by atoms with van der Waals surface area (Å²) in [7, 11) is 1.35. The van der Waals surface area contributed by atoms with Gasteiger partial charge in [0.25, 0.3) is 5.91 Å². The van der Waals surface area contributed by atoms with Gasteiger partial charge in [-0.2, -0.15) is 0 Å². The standard InChI is InChI=1S/C37H38N4O5/c1-45-36(44)37(41(29-13-6-3-7-14-29)35(43)33-17-10-24-46-33)19-22-40(23-20-37)26-31(27-11-4-2-5-12-27)34(42)38-21-18-28-25-39-32-16-9-8-15-30(28)32/h2-17,24-25,31,39H,18-23,26H2,1H3,(H,38,42). The molecule has 1 saturated heterocycles. The van der Waals surface area contributed by atoms with Crippen molar-refractivity contribution in [1.82, 2.24) is 15.2 Å². The van der Waals surface area contributed by atoms with Crippen molar-refractivity contribution in [2.24, 2.45) is 0 Å². The van der Waals surface area contributed by atoms with Crippen LogP contribution in [0.1, 0.15) is 40.4 Å². The third-order valence-electron chi connectivity index (χ3n) is 8.95. The van der Waals surface area contributed by atoms with E-state index in [0.717, 1.165) is 22.0 Å². The van der Waals surface area contributed by atoms with Gasteiger partial charge in [-0.15, -0.1) is 0 Å². The molecule has 1 aliphatic heterocycles. The van der Waals surface area contributed by atoms with Gasteiger partial charge in [-0.05, 0) is 60.7 Å². The zero-order valence-electron chi connectivity index (χ0n) is 25.9. The lowest BCUT2D eigenvalue weighted by molar-refractivity contribution is -0.149. The van der Waals surface area contributed by atoms with Gasteiger partial charge in [-0.25, -0.2) is 4.79 Å².